The number of aromatic nitrogens is 4. The zero-order valence-corrected chi connectivity index (χ0v) is 49.7. The molecule has 3 aromatic carbocycles. The molecule has 0 aliphatic carbocycles. The van der Waals surface area contributed by atoms with Gasteiger partial charge in [0, 0.05) is 35.9 Å². The zero-order chi connectivity index (χ0) is 66.3. The first-order chi connectivity index (χ1) is 42.5. The lowest BCUT2D eigenvalue weighted by atomic mass is 9.88. The van der Waals surface area contributed by atoms with E-state index in [9.17, 15) is 79.4 Å². The van der Waals surface area contributed by atoms with E-state index in [1.54, 1.807) is 12.1 Å². The number of rotatable bonds is 42. The molecule has 90 heavy (non-hydrogen) atoms. The van der Waals surface area contributed by atoms with Crippen LogP contribution in [-0.4, -0.2) is 107 Å². The Kier molecular flexibility index (Phi) is 27.6. The normalized spacial score (nSPS) is 12.9. The third-order valence-electron chi connectivity index (χ3n) is 14.5. The first-order valence-corrected chi connectivity index (χ1v) is 29.8. The number of unbranched alkanes of at least 4 members (excludes halogenated alkanes) is 14. The molecule has 0 N–H and O–H groups in total. The van der Waals surface area contributed by atoms with E-state index >= 15 is 0 Å². The maximum absolute atomic E-state index is 14.6. The van der Waals surface area contributed by atoms with Crippen LogP contribution in [0.1, 0.15) is 157 Å². The summed E-state index contributed by atoms with van der Waals surface area (Å²) < 4.78 is 262. The molecule has 0 unspecified atom stereocenters. The molecular formula is C63H73F17N4O6. The maximum Gasteiger partial charge on any atom is 0.460 e. The van der Waals surface area contributed by atoms with Gasteiger partial charge in [0.1, 0.15) is 11.5 Å². The van der Waals surface area contributed by atoms with Crippen molar-refractivity contribution in [1.82, 2.24) is 19.9 Å². The average molecular weight is 1310 g/mol. The van der Waals surface area contributed by atoms with Crippen LogP contribution in [0.5, 0.6) is 23.0 Å². The molecule has 0 atom stereocenters. The quantitative estimate of drug-likeness (QED) is 0.0212. The second-order valence-corrected chi connectivity index (χ2v) is 21.6. The van der Waals surface area contributed by atoms with Crippen molar-refractivity contribution >= 4 is 5.97 Å². The highest BCUT2D eigenvalue weighted by atomic mass is 19.4. The van der Waals surface area contributed by atoms with Crippen molar-refractivity contribution in [2.45, 2.75) is 196 Å². The van der Waals surface area contributed by atoms with E-state index < -0.39 is 72.2 Å². The molecule has 5 aromatic rings. The van der Waals surface area contributed by atoms with Gasteiger partial charge in [-0.05, 0) is 155 Å². The monoisotopic (exact) mass is 1300 g/mol. The molecular weight excluding hydrogens is 1230 g/mol. The molecule has 0 aliphatic heterocycles. The summed E-state index contributed by atoms with van der Waals surface area (Å²) in [7, 11) is 0. The number of hydrogen-bond donors (Lipinski definition) is 0. The first-order valence-electron chi connectivity index (χ1n) is 29.8. The second kappa shape index (κ2) is 33.6. The van der Waals surface area contributed by atoms with Gasteiger partial charge in [-0.2, -0.15) is 74.6 Å². The van der Waals surface area contributed by atoms with Gasteiger partial charge in [-0.1, -0.05) is 65.2 Å². The van der Waals surface area contributed by atoms with Gasteiger partial charge in [-0.15, -0.1) is 0 Å². The molecule has 2 heterocycles. The Hall–Kier alpha value is -6.70. The van der Waals surface area contributed by atoms with Gasteiger partial charge in [0.25, 0.3) is 0 Å². The van der Waals surface area contributed by atoms with Crippen LogP contribution in [0, 0.1) is 0 Å². The summed E-state index contributed by atoms with van der Waals surface area (Å²) >= 11 is 0. The van der Waals surface area contributed by atoms with E-state index in [-0.39, 0.29) is 24.7 Å². The number of carbonyl (C=O) groups is 1. The topological polar surface area (TPSA) is 115 Å². The van der Waals surface area contributed by atoms with Crippen molar-refractivity contribution in [1.29, 1.82) is 0 Å². The zero-order valence-electron chi connectivity index (χ0n) is 49.7. The maximum atomic E-state index is 14.6. The Morgan fingerprint density at radius 3 is 1.13 bits per heavy atom. The van der Waals surface area contributed by atoms with Crippen LogP contribution in [0.3, 0.4) is 0 Å². The highest BCUT2D eigenvalue weighted by Crippen LogP contribution is 2.64. The first kappa shape index (κ1) is 74.0. The highest BCUT2D eigenvalue weighted by molar-refractivity contribution is 5.90. The van der Waals surface area contributed by atoms with Crippen molar-refractivity contribution in [2.24, 2.45) is 0 Å². The molecule has 0 aliphatic rings. The van der Waals surface area contributed by atoms with Crippen LogP contribution in [0.25, 0.3) is 22.8 Å². The fourth-order valence-electron chi connectivity index (χ4n) is 8.97. The summed E-state index contributed by atoms with van der Waals surface area (Å²) in [5, 5.41) is 0. The van der Waals surface area contributed by atoms with Gasteiger partial charge in [-0.3, -0.25) is 0 Å². The van der Waals surface area contributed by atoms with E-state index in [0.717, 1.165) is 79.0 Å². The molecule has 27 heteroatoms. The van der Waals surface area contributed by atoms with Crippen molar-refractivity contribution in [2.75, 3.05) is 33.0 Å². The lowest BCUT2D eigenvalue weighted by Gasteiger charge is -2.42. The van der Waals surface area contributed by atoms with Crippen molar-refractivity contribution < 1.29 is 103 Å². The van der Waals surface area contributed by atoms with E-state index in [0.29, 0.717) is 87.7 Å². The van der Waals surface area contributed by atoms with E-state index in [2.05, 4.69) is 38.5 Å². The number of halogens is 17. The second-order valence-electron chi connectivity index (χ2n) is 21.6. The molecule has 5 rings (SSSR count). The van der Waals surface area contributed by atoms with Crippen LogP contribution in [0.2, 0.25) is 0 Å². The SMILES string of the molecule is CCCCCCCc1cnc(-c2ccc(OCCCCCCOc3ccc(C(=O)OCCC(F)(F)C(F)(F)C(F)(F)C(F)(F)C(F)(F)C(F)(F)C(F)(F)C(F)(F)F)cc3OCCCCCCOc3ccc(-c4ncc(CCCCCCC)cn4)cc3)cc2)nc1. The minimum Gasteiger partial charge on any atom is -0.494 e. The van der Waals surface area contributed by atoms with Crippen LogP contribution >= 0.6 is 0 Å². The summed E-state index contributed by atoms with van der Waals surface area (Å²) in [6.45, 7) is 3.07. The smallest absolute Gasteiger partial charge is 0.460 e. The van der Waals surface area contributed by atoms with Gasteiger partial charge >= 0.3 is 53.6 Å². The predicted octanol–water partition coefficient (Wildman–Crippen LogP) is 19.2. The van der Waals surface area contributed by atoms with Crippen LogP contribution < -0.4 is 18.9 Å². The Morgan fingerprint density at radius 1 is 0.378 bits per heavy atom. The van der Waals surface area contributed by atoms with E-state index in [4.69, 9.17) is 18.9 Å². The fourth-order valence-corrected chi connectivity index (χ4v) is 8.97. The molecule has 10 nitrogen and oxygen atoms in total. The Balaban J connectivity index is 1.13. The van der Waals surface area contributed by atoms with Crippen molar-refractivity contribution in [3.8, 4) is 45.8 Å². The summed E-state index contributed by atoms with van der Waals surface area (Å²) in [4.78, 5) is 31.0. The number of esters is 1. The van der Waals surface area contributed by atoms with Gasteiger partial charge in [0.2, 0.25) is 0 Å². The Labute approximate surface area is 511 Å². The predicted molar refractivity (Wildman–Crippen MR) is 301 cm³/mol. The van der Waals surface area contributed by atoms with Crippen molar-refractivity contribution in [3.63, 3.8) is 0 Å². The summed E-state index contributed by atoms with van der Waals surface area (Å²) in [6.07, 6.45) is 14.9. The molecule has 0 fully saturated rings. The summed E-state index contributed by atoms with van der Waals surface area (Å²) in [5.74, 6) is -56.8. The van der Waals surface area contributed by atoms with Gasteiger partial charge in [-0.25, -0.2) is 24.7 Å². The number of aryl methyl sites for hydroxylation is 2. The molecule has 0 spiro atoms. The third kappa shape index (κ3) is 19.4. The number of carbonyl (C=O) groups excluding carboxylic acids is 1. The highest BCUT2D eigenvalue weighted by Gasteiger charge is 2.95. The minimum absolute atomic E-state index is 0.0128. The number of hydrogen-bond acceptors (Lipinski definition) is 10. The van der Waals surface area contributed by atoms with E-state index in [1.807, 2.05) is 61.2 Å². The molecule has 2 aromatic heterocycles. The lowest BCUT2D eigenvalue weighted by Crippen LogP contribution is -2.74. The number of nitrogens with zero attached hydrogens (tertiary/aromatic N) is 4. The third-order valence-corrected chi connectivity index (χ3v) is 14.5. The van der Waals surface area contributed by atoms with Gasteiger partial charge < -0.3 is 23.7 Å². The molecule has 0 radical (unpaired) electrons. The molecule has 500 valence electrons. The number of alkyl halides is 17. The van der Waals surface area contributed by atoms with Gasteiger partial charge in [0.15, 0.2) is 23.1 Å². The number of benzene rings is 3. The fraction of sp³-hybridized carbons (Fsp3) is 0.571. The van der Waals surface area contributed by atoms with Gasteiger partial charge in [0.05, 0.1) is 45.0 Å². The molecule has 0 amide bonds. The Morgan fingerprint density at radius 2 is 0.733 bits per heavy atom. The number of ether oxygens (including phenoxy) is 5. The largest absolute Gasteiger partial charge is 0.494 e. The summed E-state index contributed by atoms with van der Waals surface area (Å²) in [5.41, 5.74) is 3.21. The van der Waals surface area contributed by atoms with Crippen LogP contribution in [-0.2, 0) is 17.6 Å². The van der Waals surface area contributed by atoms with Crippen molar-refractivity contribution in [3.05, 3.63) is 108 Å². The average Bonchev–Trinajstić information content (AvgIpc) is 0.699. The summed E-state index contributed by atoms with van der Waals surface area (Å²) in [6, 6.07) is 17.7. The minimum atomic E-state index is -8.76. The van der Waals surface area contributed by atoms with Crippen LogP contribution in [0.15, 0.2) is 91.5 Å². The lowest BCUT2D eigenvalue weighted by molar-refractivity contribution is -0.461. The van der Waals surface area contributed by atoms with Crippen LogP contribution in [0.4, 0.5) is 74.6 Å². The standard InChI is InChI=1S/C63H73F17N4O6/c1-3-5-7-9-15-21-44-40-81-53(82-41-44)46-23-28-49(29-24-46)86-34-17-11-13-19-36-88-51-32-27-48(55(85)90-38-33-56(64,65)57(66,67)58(68,69)59(70,71)60(72,73)61(74,75)62(76,77)63(78,79)80)39-52(51)89-37-20-14-12-18-35-87-50-30-25-47(26-31-50)54-83-42-45(43-84-54)22-16-10-8-6-4-2/h23-32,39-43H,3-22,33-38H2,1-2H3. The van der Waals surface area contributed by atoms with E-state index in [1.165, 1.54) is 38.5 Å². The Bertz CT molecular complexity index is 2920. The molecule has 0 bridgehead atoms. The molecule has 0 saturated heterocycles. The molecule has 0 saturated carbocycles.